The second kappa shape index (κ2) is 8.95. The van der Waals surface area contributed by atoms with E-state index >= 15 is 0 Å². The quantitative estimate of drug-likeness (QED) is 0.555. The molecule has 1 aromatic carbocycles. The highest BCUT2D eigenvalue weighted by molar-refractivity contribution is 14.1. The van der Waals surface area contributed by atoms with Crippen LogP contribution in [0.3, 0.4) is 0 Å². The molecule has 1 aliphatic rings. The van der Waals surface area contributed by atoms with Gasteiger partial charge in [-0.25, -0.2) is 4.98 Å². The van der Waals surface area contributed by atoms with Gasteiger partial charge in [0.05, 0.1) is 16.4 Å². The second-order valence-electron chi connectivity index (χ2n) is 7.37. The van der Waals surface area contributed by atoms with E-state index in [0.717, 1.165) is 27.2 Å². The lowest BCUT2D eigenvalue weighted by atomic mass is 9.90. The Morgan fingerprint density at radius 3 is 2.52 bits per heavy atom. The summed E-state index contributed by atoms with van der Waals surface area (Å²) in [6.07, 6.45) is 8.04. The van der Waals surface area contributed by atoms with Gasteiger partial charge in [0, 0.05) is 5.56 Å². The average molecular weight is 482 g/mol. The standard InChI is InChI=1S/C20H27IN4O2/c1-12(2)14-8-17(26-11-13-6-4-3-5-7-13)15(21)9-16(14)27-18-10-24-20(23)25-19(18)22/h8-10,12-13H,3-7,11H2,1-2H3,(H4,22,23,24,25). The molecule has 1 fully saturated rings. The van der Waals surface area contributed by atoms with E-state index in [1.54, 1.807) is 0 Å². The van der Waals surface area contributed by atoms with Crippen LogP contribution in [-0.4, -0.2) is 16.6 Å². The monoisotopic (exact) mass is 482 g/mol. The van der Waals surface area contributed by atoms with Crippen molar-refractivity contribution in [2.45, 2.75) is 51.9 Å². The molecule has 0 saturated heterocycles. The molecule has 4 N–H and O–H groups in total. The van der Waals surface area contributed by atoms with Crippen LogP contribution in [0, 0.1) is 9.49 Å². The highest BCUT2D eigenvalue weighted by Gasteiger charge is 2.18. The SMILES string of the molecule is CC(C)c1cc(OCC2CCCCC2)c(I)cc1Oc1cnc(N)nc1N. The second-order valence-corrected chi connectivity index (χ2v) is 8.53. The highest BCUT2D eigenvalue weighted by atomic mass is 127. The number of rotatable bonds is 6. The molecule has 1 aromatic heterocycles. The van der Waals surface area contributed by atoms with E-state index in [0.29, 0.717) is 11.7 Å². The summed E-state index contributed by atoms with van der Waals surface area (Å²) in [6.45, 7) is 5.04. The molecule has 1 heterocycles. The minimum absolute atomic E-state index is 0.130. The van der Waals surface area contributed by atoms with Crippen molar-refractivity contribution >= 4 is 34.4 Å². The molecule has 27 heavy (non-hydrogen) atoms. The van der Waals surface area contributed by atoms with Crippen molar-refractivity contribution < 1.29 is 9.47 Å². The molecule has 6 nitrogen and oxygen atoms in total. The molecule has 1 saturated carbocycles. The Morgan fingerprint density at radius 2 is 1.85 bits per heavy atom. The van der Waals surface area contributed by atoms with Crippen molar-refractivity contribution in [3.63, 3.8) is 0 Å². The highest BCUT2D eigenvalue weighted by Crippen LogP contribution is 2.38. The number of ether oxygens (including phenoxy) is 2. The van der Waals surface area contributed by atoms with Crippen molar-refractivity contribution in [3.05, 3.63) is 27.5 Å². The molecule has 2 aromatic rings. The maximum atomic E-state index is 6.18. The summed E-state index contributed by atoms with van der Waals surface area (Å²) in [5.41, 5.74) is 12.5. The lowest BCUT2D eigenvalue weighted by Gasteiger charge is -2.23. The van der Waals surface area contributed by atoms with Crippen LogP contribution >= 0.6 is 22.6 Å². The predicted molar refractivity (Wildman–Crippen MR) is 116 cm³/mol. The zero-order valence-corrected chi connectivity index (χ0v) is 18.0. The van der Waals surface area contributed by atoms with E-state index in [2.05, 4.69) is 52.5 Å². The van der Waals surface area contributed by atoms with Gasteiger partial charge in [0.1, 0.15) is 11.5 Å². The number of aromatic nitrogens is 2. The first-order chi connectivity index (χ1) is 12.9. The third-order valence-electron chi connectivity index (χ3n) is 4.91. The summed E-state index contributed by atoms with van der Waals surface area (Å²) in [7, 11) is 0. The summed E-state index contributed by atoms with van der Waals surface area (Å²) >= 11 is 2.29. The summed E-state index contributed by atoms with van der Waals surface area (Å²) in [4.78, 5) is 7.93. The van der Waals surface area contributed by atoms with Crippen LogP contribution < -0.4 is 20.9 Å². The lowest BCUT2D eigenvalue weighted by molar-refractivity contribution is 0.207. The Bertz CT molecular complexity index is 792. The zero-order chi connectivity index (χ0) is 19.4. The predicted octanol–water partition coefficient (Wildman–Crippen LogP) is 5.12. The van der Waals surface area contributed by atoms with Gasteiger partial charge < -0.3 is 20.9 Å². The van der Waals surface area contributed by atoms with E-state index in [-0.39, 0.29) is 17.7 Å². The molecule has 0 amide bonds. The van der Waals surface area contributed by atoms with Crippen LogP contribution in [0.5, 0.6) is 17.2 Å². The Labute approximate surface area is 174 Å². The van der Waals surface area contributed by atoms with Crippen LogP contribution in [0.1, 0.15) is 57.4 Å². The fraction of sp³-hybridized carbons (Fsp3) is 0.500. The van der Waals surface area contributed by atoms with Crippen LogP contribution in [0.2, 0.25) is 0 Å². The third kappa shape index (κ3) is 5.15. The van der Waals surface area contributed by atoms with Gasteiger partial charge in [-0.3, -0.25) is 0 Å². The third-order valence-corrected chi connectivity index (χ3v) is 5.75. The first-order valence-corrected chi connectivity index (χ1v) is 10.5. The van der Waals surface area contributed by atoms with Crippen molar-refractivity contribution in [3.8, 4) is 17.2 Å². The summed E-state index contributed by atoms with van der Waals surface area (Å²) < 4.78 is 13.2. The number of halogens is 1. The first-order valence-electron chi connectivity index (χ1n) is 9.46. The smallest absolute Gasteiger partial charge is 0.222 e. The molecule has 3 rings (SSSR count). The van der Waals surface area contributed by atoms with Crippen LogP contribution in [0.15, 0.2) is 18.3 Å². The largest absolute Gasteiger partial charge is 0.492 e. The summed E-state index contributed by atoms with van der Waals surface area (Å²) in [5.74, 6) is 3.34. The average Bonchev–Trinajstić information content (AvgIpc) is 2.64. The van der Waals surface area contributed by atoms with Gasteiger partial charge in [-0.2, -0.15) is 4.98 Å². The molecular weight excluding hydrogens is 455 g/mol. The van der Waals surface area contributed by atoms with Gasteiger partial charge in [-0.15, -0.1) is 0 Å². The Balaban J connectivity index is 1.81. The topological polar surface area (TPSA) is 96.3 Å². The molecule has 0 unspecified atom stereocenters. The zero-order valence-electron chi connectivity index (χ0n) is 15.9. The van der Waals surface area contributed by atoms with Crippen molar-refractivity contribution in [2.24, 2.45) is 5.92 Å². The van der Waals surface area contributed by atoms with Crippen LogP contribution in [0.4, 0.5) is 11.8 Å². The van der Waals surface area contributed by atoms with Gasteiger partial charge >= 0.3 is 0 Å². The van der Waals surface area contributed by atoms with Gasteiger partial charge in [-0.1, -0.05) is 33.1 Å². The van der Waals surface area contributed by atoms with E-state index < -0.39 is 0 Å². The lowest BCUT2D eigenvalue weighted by Crippen LogP contribution is -2.15. The Kier molecular flexibility index (Phi) is 6.62. The first kappa shape index (κ1) is 20.0. The van der Waals surface area contributed by atoms with Gasteiger partial charge in [0.25, 0.3) is 0 Å². The Morgan fingerprint density at radius 1 is 1.11 bits per heavy atom. The van der Waals surface area contributed by atoms with E-state index in [1.807, 2.05) is 6.07 Å². The fourth-order valence-electron chi connectivity index (χ4n) is 3.36. The van der Waals surface area contributed by atoms with Crippen molar-refractivity contribution in [1.82, 2.24) is 9.97 Å². The number of anilines is 2. The number of nitrogens with zero attached hydrogens (tertiary/aromatic N) is 2. The molecule has 146 valence electrons. The van der Waals surface area contributed by atoms with Crippen molar-refractivity contribution in [1.29, 1.82) is 0 Å². The minimum atomic E-state index is 0.130. The van der Waals surface area contributed by atoms with E-state index in [4.69, 9.17) is 20.9 Å². The molecule has 0 radical (unpaired) electrons. The number of nitrogens with two attached hydrogens (primary N) is 2. The summed E-state index contributed by atoms with van der Waals surface area (Å²) in [5, 5.41) is 0. The number of hydrogen-bond donors (Lipinski definition) is 2. The molecular formula is C20H27IN4O2. The van der Waals surface area contributed by atoms with E-state index in [9.17, 15) is 0 Å². The maximum absolute atomic E-state index is 6.18. The normalized spacial score (nSPS) is 15.1. The molecule has 0 atom stereocenters. The fourth-order valence-corrected chi connectivity index (χ4v) is 3.95. The van der Waals surface area contributed by atoms with Crippen molar-refractivity contribution in [2.75, 3.05) is 18.1 Å². The Hall–Kier alpha value is -1.77. The van der Waals surface area contributed by atoms with E-state index in [1.165, 1.54) is 38.3 Å². The molecule has 0 spiro atoms. The molecule has 0 aliphatic heterocycles. The maximum Gasteiger partial charge on any atom is 0.222 e. The molecule has 7 heteroatoms. The van der Waals surface area contributed by atoms with Gasteiger partial charge in [0.15, 0.2) is 11.6 Å². The number of benzene rings is 1. The summed E-state index contributed by atoms with van der Waals surface area (Å²) in [6, 6.07) is 4.07. The van der Waals surface area contributed by atoms with Gasteiger partial charge in [-0.05, 0) is 59.4 Å². The number of nitrogen functional groups attached to an aromatic ring is 2. The van der Waals surface area contributed by atoms with Crippen LogP contribution in [0.25, 0.3) is 0 Å². The minimum Gasteiger partial charge on any atom is -0.492 e. The van der Waals surface area contributed by atoms with Gasteiger partial charge in [0.2, 0.25) is 5.95 Å². The number of hydrogen-bond acceptors (Lipinski definition) is 6. The molecule has 0 bridgehead atoms. The molecule has 1 aliphatic carbocycles. The van der Waals surface area contributed by atoms with Crippen LogP contribution in [-0.2, 0) is 0 Å².